The molecule has 0 bridgehead atoms. The van der Waals surface area contributed by atoms with Gasteiger partial charge in [0.25, 0.3) is 0 Å². The van der Waals surface area contributed by atoms with E-state index in [0.717, 1.165) is 11.6 Å². The minimum atomic E-state index is -0.661. The standard InChI is InChI=1S/C20H19F2N7O/c21-14-7-13(8-15(22)9-14)17-1-4-26-29(17)19(30)12-2-5-28(6-3-12)20-23-10-16-18(27-20)25-11-24-16/h4,7-12,17H,1-3,5-6H2,(H,23,24,25,27). The Morgan fingerprint density at radius 3 is 2.63 bits per heavy atom. The van der Waals surface area contributed by atoms with E-state index in [1.807, 2.05) is 4.90 Å². The van der Waals surface area contributed by atoms with Crippen molar-refractivity contribution in [2.75, 3.05) is 18.0 Å². The number of carbonyl (C=O) groups excluding carboxylic acids is 1. The molecule has 5 rings (SSSR count). The second kappa shape index (κ2) is 7.43. The Labute approximate surface area is 170 Å². The number of H-pyrrole nitrogens is 1. The van der Waals surface area contributed by atoms with Gasteiger partial charge in [-0.25, -0.2) is 23.8 Å². The van der Waals surface area contributed by atoms with Crippen molar-refractivity contribution >= 4 is 29.2 Å². The smallest absolute Gasteiger partial charge is 0.246 e. The van der Waals surface area contributed by atoms with Crippen LogP contribution in [0.5, 0.6) is 0 Å². The zero-order chi connectivity index (χ0) is 20.7. The first-order valence-corrected chi connectivity index (χ1v) is 9.81. The summed E-state index contributed by atoms with van der Waals surface area (Å²) in [4.78, 5) is 31.1. The lowest BCUT2D eigenvalue weighted by Gasteiger charge is -2.33. The van der Waals surface area contributed by atoms with E-state index in [4.69, 9.17) is 0 Å². The Hall–Kier alpha value is -3.43. The number of hydrazone groups is 1. The summed E-state index contributed by atoms with van der Waals surface area (Å²) in [7, 11) is 0. The quantitative estimate of drug-likeness (QED) is 0.716. The number of imidazole rings is 1. The van der Waals surface area contributed by atoms with Gasteiger partial charge in [0, 0.05) is 37.7 Å². The van der Waals surface area contributed by atoms with Crippen LogP contribution in [0, 0.1) is 17.6 Å². The molecule has 2 aliphatic rings. The number of hydrogen-bond donors (Lipinski definition) is 1. The van der Waals surface area contributed by atoms with Crippen LogP contribution in [0.25, 0.3) is 11.2 Å². The third kappa shape index (κ3) is 3.38. The number of anilines is 1. The maximum absolute atomic E-state index is 13.6. The van der Waals surface area contributed by atoms with E-state index < -0.39 is 17.7 Å². The van der Waals surface area contributed by atoms with Crippen molar-refractivity contribution in [1.82, 2.24) is 24.9 Å². The second-order valence-electron chi connectivity index (χ2n) is 7.51. The molecule has 0 saturated carbocycles. The van der Waals surface area contributed by atoms with Gasteiger partial charge in [0.2, 0.25) is 11.9 Å². The maximum Gasteiger partial charge on any atom is 0.246 e. The number of amides is 1. The third-order valence-electron chi connectivity index (χ3n) is 5.62. The molecule has 3 aromatic rings. The lowest BCUT2D eigenvalue weighted by molar-refractivity contribution is -0.138. The van der Waals surface area contributed by atoms with Crippen molar-refractivity contribution in [2.24, 2.45) is 11.0 Å². The minimum absolute atomic E-state index is 0.123. The van der Waals surface area contributed by atoms with Crippen LogP contribution in [0.4, 0.5) is 14.7 Å². The Bertz CT molecular complexity index is 1100. The number of aromatic amines is 1. The Balaban J connectivity index is 1.27. The number of hydrogen-bond acceptors (Lipinski definition) is 6. The highest BCUT2D eigenvalue weighted by atomic mass is 19.1. The van der Waals surface area contributed by atoms with Gasteiger partial charge >= 0.3 is 0 Å². The molecule has 0 spiro atoms. The van der Waals surface area contributed by atoms with Gasteiger partial charge in [-0.05, 0) is 30.5 Å². The van der Waals surface area contributed by atoms with E-state index in [2.05, 4.69) is 25.0 Å². The first-order valence-electron chi connectivity index (χ1n) is 9.81. The van der Waals surface area contributed by atoms with Crippen molar-refractivity contribution in [3.05, 3.63) is 47.9 Å². The maximum atomic E-state index is 13.6. The van der Waals surface area contributed by atoms with Gasteiger partial charge in [-0.3, -0.25) is 4.79 Å². The highest BCUT2D eigenvalue weighted by molar-refractivity contribution is 5.82. The molecular formula is C20H19F2N7O. The van der Waals surface area contributed by atoms with Crippen LogP contribution in [0.1, 0.15) is 30.9 Å². The minimum Gasteiger partial charge on any atom is -0.342 e. The van der Waals surface area contributed by atoms with Crippen molar-refractivity contribution in [1.29, 1.82) is 0 Å². The molecule has 1 unspecified atom stereocenters. The van der Waals surface area contributed by atoms with Crippen LogP contribution in [-0.2, 0) is 4.79 Å². The van der Waals surface area contributed by atoms with Crippen LogP contribution in [-0.4, -0.2) is 50.2 Å². The molecule has 0 radical (unpaired) electrons. The normalized spacial score (nSPS) is 19.7. The van der Waals surface area contributed by atoms with Gasteiger partial charge in [-0.15, -0.1) is 0 Å². The summed E-state index contributed by atoms with van der Waals surface area (Å²) in [6.45, 7) is 1.26. The number of benzene rings is 1. The number of nitrogens with zero attached hydrogens (tertiary/aromatic N) is 6. The van der Waals surface area contributed by atoms with E-state index in [9.17, 15) is 13.6 Å². The molecule has 1 amide bonds. The topological polar surface area (TPSA) is 90.4 Å². The summed E-state index contributed by atoms with van der Waals surface area (Å²) in [6.07, 6.45) is 6.57. The van der Waals surface area contributed by atoms with E-state index in [-0.39, 0.29) is 11.8 Å². The van der Waals surface area contributed by atoms with Crippen LogP contribution >= 0.6 is 0 Å². The van der Waals surface area contributed by atoms with Gasteiger partial charge in [-0.2, -0.15) is 10.1 Å². The lowest BCUT2D eigenvalue weighted by Crippen LogP contribution is -2.41. The van der Waals surface area contributed by atoms with Gasteiger partial charge in [0.1, 0.15) is 17.2 Å². The molecular weight excluding hydrogens is 392 g/mol. The zero-order valence-electron chi connectivity index (χ0n) is 16.0. The number of aromatic nitrogens is 4. The molecule has 0 aliphatic carbocycles. The SMILES string of the molecule is O=C(C1CCN(c2ncc3[nH]cnc3n2)CC1)N1N=CCC1c1cc(F)cc(F)c1. The number of carbonyl (C=O) groups is 1. The van der Waals surface area contributed by atoms with Gasteiger partial charge in [0.05, 0.1) is 18.6 Å². The Morgan fingerprint density at radius 2 is 1.87 bits per heavy atom. The monoisotopic (exact) mass is 411 g/mol. The molecule has 2 aromatic heterocycles. The average Bonchev–Trinajstić information content (AvgIpc) is 3.41. The van der Waals surface area contributed by atoms with E-state index in [1.165, 1.54) is 17.1 Å². The highest BCUT2D eigenvalue weighted by Crippen LogP contribution is 2.33. The summed E-state index contributed by atoms with van der Waals surface area (Å²) in [6, 6.07) is 2.86. The van der Waals surface area contributed by atoms with Gasteiger partial charge in [0.15, 0.2) is 5.65 Å². The summed E-state index contributed by atoms with van der Waals surface area (Å²) in [5.74, 6) is -1.07. The fraction of sp³-hybridized carbons (Fsp3) is 0.350. The average molecular weight is 411 g/mol. The zero-order valence-corrected chi connectivity index (χ0v) is 16.0. The number of piperidine rings is 1. The van der Waals surface area contributed by atoms with E-state index in [0.29, 0.717) is 49.5 Å². The Morgan fingerprint density at radius 1 is 1.10 bits per heavy atom. The predicted octanol–water partition coefficient (Wildman–Crippen LogP) is 2.81. The summed E-state index contributed by atoms with van der Waals surface area (Å²) >= 11 is 0. The molecule has 1 N–H and O–H groups in total. The number of nitrogens with one attached hydrogen (secondary N) is 1. The molecule has 2 aliphatic heterocycles. The molecule has 4 heterocycles. The molecule has 1 atom stereocenters. The summed E-state index contributed by atoms with van der Waals surface area (Å²) in [5.41, 5.74) is 1.79. The van der Waals surface area contributed by atoms with Crippen molar-refractivity contribution < 1.29 is 13.6 Å². The third-order valence-corrected chi connectivity index (χ3v) is 5.62. The van der Waals surface area contributed by atoms with Crippen LogP contribution in [0.2, 0.25) is 0 Å². The van der Waals surface area contributed by atoms with Crippen molar-refractivity contribution in [2.45, 2.75) is 25.3 Å². The molecule has 1 saturated heterocycles. The molecule has 154 valence electrons. The van der Waals surface area contributed by atoms with E-state index in [1.54, 1.807) is 18.7 Å². The second-order valence-corrected chi connectivity index (χ2v) is 7.51. The van der Waals surface area contributed by atoms with Crippen LogP contribution < -0.4 is 4.90 Å². The molecule has 10 heteroatoms. The van der Waals surface area contributed by atoms with Crippen LogP contribution in [0.15, 0.2) is 35.8 Å². The van der Waals surface area contributed by atoms with Crippen LogP contribution in [0.3, 0.4) is 0 Å². The first-order chi connectivity index (χ1) is 14.6. The van der Waals surface area contributed by atoms with Gasteiger partial charge < -0.3 is 9.88 Å². The molecule has 30 heavy (non-hydrogen) atoms. The summed E-state index contributed by atoms with van der Waals surface area (Å²) < 4.78 is 27.3. The number of rotatable bonds is 3. The lowest BCUT2D eigenvalue weighted by atomic mass is 9.94. The molecule has 1 fully saturated rings. The number of fused-ring (bicyclic) bond motifs is 1. The van der Waals surface area contributed by atoms with Crippen molar-refractivity contribution in [3.63, 3.8) is 0 Å². The fourth-order valence-corrected chi connectivity index (χ4v) is 4.06. The highest BCUT2D eigenvalue weighted by Gasteiger charge is 2.35. The van der Waals surface area contributed by atoms with Gasteiger partial charge in [-0.1, -0.05) is 0 Å². The Kier molecular flexibility index (Phi) is 4.61. The molecule has 8 nitrogen and oxygen atoms in total. The van der Waals surface area contributed by atoms with Crippen molar-refractivity contribution in [3.8, 4) is 0 Å². The predicted molar refractivity (Wildman–Crippen MR) is 106 cm³/mol. The fourth-order valence-electron chi connectivity index (χ4n) is 4.06. The first kappa shape index (κ1) is 18.6. The van der Waals surface area contributed by atoms with E-state index >= 15 is 0 Å². The summed E-state index contributed by atoms with van der Waals surface area (Å²) in [5, 5.41) is 5.57. The molecule has 1 aromatic carbocycles. The number of halogens is 2. The largest absolute Gasteiger partial charge is 0.342 e.